The summed E-state index contributed by atoms with van der Waals surface area (Å²) in [6.45, 7) is 1.20. The van der Waals surface area contributed by atoms with Crippen LogP contribution in [0.3, 0.4) is 0 Å². The Kier molecular flexibility index (Phi) is 5.21. The molecule has 3 aromatic rings. The molecule has 2 aliphatic rings. The molecule has 1 saturated heterocycles. The number of amides is 1. The highest BCUT2D eigenvalue weighted by Gasteiger charge is 2.33. The quantitative estimate of drug-likeness (QED) is 0.679. The number of carbonyl (C=O) groups is 1. The van der Waals surface area contributed by atoms with Crippen molar-refractivity contribution in [3.05, 3.63) is 59.0 Å². The molecule has 5 rings (SSSR count). The lowest BCUT2D eigenvalue weighted by atomic mass is 9.84. The van der Waals surface area contributed by atoms with Crippen molar-refractivity contribution >= 4 is 28.7 Å². The van der Waals surface area contributed by atoms with Crippen molar-refractivity contribution < 1.29 is 9.90 Å². The van der Waals surface area contributed by atoms with Gasteiger partial charge in [-0.1, -0.05) is 36.2 Å². The molecule has 1 aliphatic carbocycles. The highest BCUT2D eigenvalue weighted by molar-refractivity contribution is 6.31. The Hall–Kier alpha value is -2.44. The number of hydrogen-bond donors (Lipinski definition) is 1. The second kappa shape index (κ2) is 8.00. The number of carbonyl (C=O) groups excluding carboxylic acids is 1. The SMILES string of the molecule is O=C(C(O)c1ccccc1Cl)N1CCC(n2c(C3CCC3)nc3cccnc32)CC1. The Morgan fingerprint density at radius 1 is 1.10 bits per heavy atom. The van der Waals surface area contributed by atoms with Crippen molar-refractivity contribution in [1.82, 2.24) is 19.4 Å². The van der Waals surface area contributed by atoms with Crippen LogP contribution in [-0.2, 0) is 4.79 Å². The van der Waals surface area contributed by atoms with E-state index in [0.29, 0.717) is 29.6 Å². The van der Waals surface area contributed by atoms with E-state index in [-0.39, 0.29) is 11.9 Å². The molecule has 1 atom stereocenters. The van der Waals surface area contributed by atoms with Gasteiger partial charge in [-0.15, -0.1) is 0 Å². The number of aromatic nitrogens is 3. The topological polar surface area (TPSA) is 71.2 Å². The lowest BCUT2D eigenvalue weighted by molar-refractivity contribution is -0.141. The number of aliphatic hydroxyl groups is 1. The second-order valence-corrected chi connectivity index (χ2v) is 8.70. The minimum absolute atomic E-state index is 0.266. The molecule has 1 amide bonds. The van der Waals surface area contributed by atoms with Gasteiger partial charge in [0.05, 0.1) is 0 Å². The summed E-state index contributed by atoms with van der Waals surface area (Å²) >= 11 is 6.17. The molecule has 7 heteroatoms. The first-order chi connectivity index (χ1) is 14.6. The number of imidazole rings is 1. The average molecular weight is 425 g/mol. The molecule has 156 valence electrons. The van der Waals surface area contributed by atoms with Crippen molar-refractivity contribution in [1.29, 1.82) is 0 Å². The Bertz CT molecular complexity index is 1070. The van der Waals surface area contributed by atoms with Crippen molar-refractivity contribution in [3.8, 4) is 0 Å². The van der Waals surface area contributed by atoms with Gasteiger partial charge in [0.2, 0.25) is 0 Å². The number of likely N-dealkylation sites (tertiary alicyclic amines) is 1. The molecule has 3 heterocycles. The zero-order chi connectivity index (χ0) is 20.7. The van der Waals surface area contributed by atoms with Gasteiger partial charge in [0, 0.05) is 41.8 Å². The van der Waals surface area contributed by atoms with Crippen LogP contribution >= 0.6 is 11.6 Å². The third-order valence-corrected chi connectivity index (χ3v) is 6.87. The van der Waals surface area contributed by atoms with E-state index in [4.69, 9.17) is 16.6 Å². The fourth-order valence-corrected chi connectivity index (χ4v) is 4.85. The number of benzene rings is 1. The summed E-state index contributed by atoms with van der Waals surface area (Å²) in [6.07, 6.45) is 5.87. The molecule has 1 aromatic carbocycles. The molecule has 1 N–H and O–H groups in total. The van der Waals surface area contributed by atoms with E-state index in [9.17, 15) is 9.90 Å². The van der Waals surface area contributed by atoms with Gasteiger partial charge in [0.25, 0.3) is 5.91 Å². The predicted octanol–water partition coefficient (Wildman–Crippen LogP) is 4.25. The molecule has 2 aromatic heterocycles. The van der Waals surface area contributed by atoms with Crippen LogP contribution in [-0.4, -0.2) is 43.5 Å². The first-order valence-electron chi connectivity index (χ1n) is 10.7. The fraction of sp³-hybridized carbons (Fsp3) is 0.435. The van der Waals surface area contributed by atoms with Crippen molar-refractivity contribution in [2.45, 2.75) is 50.2 Å². The van der Waals surface area contributed by atoms with Gasteiger partial charge < -0.3 is 14.6 Å². The summed E-state index contributed by atoms with van der Waals surface area (Å²) in [7, 11) is 0. The molecule has 0 spiro atoms. The molecule has 6 nitrogen and oxygen atoms in total. The standard InChI is InChI=1S/C23H25ClN4O2/c24-18-8-2-1-7-17(18)20(29)23(30)27-13-10-16(11-14-27)28-21(15-5-3-6-15)26-19-9-4-12-25-22(19)28/h1-2,4,7-9,12,15-16,20,29H,3,5-6,10-11,13-14H2. The van der Waals surface area contributed by atoms with Crippen LogP contribution in [0.25, 0.3) is 11.2 Å². The van der Waals surface area contributed by atoms with Gasteiger partial charge in [-0.3, -0.25) is 4.79 Å². The van der Waals surface area contributed by atoms with E-state index in [1.807, 2.05) is 18.3 Å². The minimum atomic E-state index is -1.23. The molecular formula is C23H25ClN4O2. The van der Waals surface area contributed by atoms with E-state index in [1.165, 1.54) is 19.3 Å². The van der Waals surface area contributed by atoms with Crippen LogP contribution in [0.4, 0.5) is 0 Å². The third-order valence-electron chi connectivity index (χ3n) is 6.52. The maximum Gasteiger partial charge on any atom is 0.256 e. The van der Waals surface area contributed by atoms with Gasteiger partial charge in [-0.2, -0.15) is 0 Å². The van der Waals surface area contributed by atoms with Crippen molar-refractivity contribution in [2.75, 3.05) is 13.1 Å². The summed E-state index contributed by atoms with van der Waals surface area (Å²) in [5.41, 5.74) is 2.36. The van der Waals surface area contributed by atoms with E-state index < -0.39 is 6.10 Å². The molecule has 30 heavy (non-hydrogen) atoms. The molecule has 1 unspecified atom stereocenters. The van der Waals surface area contributed by atoms with E-state index in [2.05, 4.69) is 9.55 Å². The third kappa shape index (κ3) is 3.38. The monoisotopic (exact) mass is 424 g/mol. The first-order valence-corrected chi connectivity index (χ1v) is 11.1. The molecule has 0 bridgehead atoms. The smallest absolute Gasteiger partial charge is 0.256 e. The minimum Gasteiger partial charge on any atom is -0.378 e. The normalized spacial score (nSPS) is 19.1. The Labute approximate surface area is 180 Å². The maximum atomic E-state index is 12.9. The van der Waals surface area contributed by atoms with Gasteiger partial charge in [-0.25, -0.2) is 9.97 Å². The van der Waals surface area contributed by atoms with E-state index in [1.54, 1.807) is 29.2 Å². The van der Waals surface area contributed by atoms with Crippen molar-refractivity contribution in [3.63, 3.8) is 0 Å². The molecular weight excluding hydrogens is 400 g/mol. The molecule has 1 saturated carbocycles. The van der Waals surface area contributed by atoms with Crippen LogP contribution in [0, 0.1) is 0 Å². The average Bonchev–Trinajstić information content (AvgIpc) is 3.10. The number of rotatable bonds is 4. The van der Waals surface area contributed by atoms with Crippen LogP contribution < -0.4 is 0 Å². The van der Waals surface area contributed by atoms with Gasteiger partial charge >= 0.3 is 0 Å². The Morgan fingerprint density at radius 2 is 1.87 bits per heavy atom. The van der Waals surface area contributed by atoms with Crippen LogP contribution in [0.1, 0.15) is 61.6 Å². The number of hydrogen-bond acceptors (Lipinski definition) is 4. The van der Waals surface area contributed by atoms with Crippen LogP contribution in [0.2, 0.25) is 5.02 Å². The fourth-order valence-electron chi connectivity index (χ4n) is 4.61. The zero-order valence-corrected chi connectivity index (χ0v) is 17.5. The Morgan fingerprint density at radius 3 is 2.57 bits per heavy atom. The van der Waals surface area contributed by atoms with Gasteiger partial charge in [-0.05, 0) is 43.9 Å². The summed E-state index contributed by atoms with van der Waals surface area (Å²) in [5.74, 6) is 1.38. The predicted molar refractivity (Wildman–Crippen MR) is 115 cm³/mol. The van der Waals surface area contributed by atoms with Gasteiger partial charge in [0.1, 0.15) is 11.3 Å². The first kappa shape index (κ1) is 19.5. The highest BCUT2D eigenvalue weighted by atomic mass is 35.5. The second-order valence-electron chi connectivity index (χ2n) is 8.29. The number of aliphatic hydroxyl groups excluding tert-OH is 1. The number of nitrogens with zero attached hydrogens (tertiary/aromatic N) is 4. The highest BCUT2D eigenvalue weighted by Crippen LogP contribution is 2.40. The maximum absolute atomic E-state index is 12.9. The number of fused-ring (bicyclic) bond motifs is 1. The summed E-state index contributed by atoms with van der Waals surface area (Å²) in [4.78, 5) is 24.1. The summed E-state index contributed by atoms with van der Waals surface area (Å²) in [6, 6.07) is 11.2. The number of piperidine rings is 1. The summed E-state index contributed by atoms with van der Waals surface area (Å²) in [5, 5.41) is 11.0. The van der Waals surface area contributed by atoms with Gasteiger partial charge in [0.15, 0.2) is 11.8 Å². The number of pyridine rings is 1. The lowest BCUT2D eigenvalue weighted by Crippen LogP contribution is -2.42. The Balaban J connectivity index is 1.34. The molecule has 2 fully saturated rings. The largest absolute Gasteiger partial charge is 0.378 e. The van der Waals surface area contributed by atoms with Crippen molar-refractivity contribution in [2.24, 2.45) is 0 Å². The van der Waals surface area contributed by atoms with Crippen LogP contribution in [0.5, 0.6) is 0 Å². The number of halogens is 1. The molecule has 1 aliphatic heterocycles. The lowest BCUT2D eigenvalue weighted by Gasteiger charge is -2.36. The molecule has 0 radical (unpaired) electrons. The van der Waals surface area contributed by atoms with E-state index >= 15 is 0 Å². The van der Waals surface area contributed by atoms with E-state index in [0.717, 1.165) is 29.8 Å². The summed E-state index contributed by atoms with van der Waals surface area (Å²) < 4.78 is 2.32. The zero-order valence-electron chi connectivity index (χ0n) is 16.7. The van der Waals surface area contributed by atoms with Crippen LogP contribution in [0.15, 0.2) is 42.6 Å².